The fourth-order valence-electron chi connectivity index (χ4n) is 3.16. The van der Waals surface area contributed by atoms with Crippen LogP contribution < -0.4 is 4.90 Å². The van der Waals surface area contributed by atoms with Crippen molar-refractivity contribution in [3.63, 3.8) is 0 Å². The number of nitrogens with zero attached hydrogens (tertiary/aromatic N) is 4. The average molecular weight is 314 g/mol. The lowest BCUT2D eigenvalue weighted by molar-refractivity contribution is 0.351. The lowest BCUT2D eigenvalue weighted by Crippen LogP contribution is -2.34. The summed E-state index contributed by atoms with van der Waals surface area (Å²) in [6, 6.07) is 3.98. The topological polar surface area (TPSA) is 55.1 Å². The molecule has 23 heavy (non-hydrogen) atoms. The normalized spacial score (nSPS) is 16.3. The first-order valence-corrected chi connectivity index (χ1v) is 8.63. The quantitative estimate of drug-likeness (QED) is 0.832. The molecule has 0 N–H and O–H groups in total. The summed E-state index contributed by atoms with van der Waals surface area (Å²) in [5.41, 5.74) is 0.942. The molecule has 0 saturated carbocycles. The van der Waals surface area contributed by atoms with E-state index in [1.54, 1.807) is 0 Å². The van der Waals surface area contributed by atoms with Gasteiger partial charge in [0.05, 0.1) is 0 Å². The van der Waals surface area contributed by atoms with Crippen molar-refractivity contribution in [1.82, 2.24) is 15.1 Å². The predicted molar refractivity (Wildman–Crippen MR) is 91.3 cm³/mol. The molecule has 2 aromatic rings. The van der Waals surface area contributed by atoms with Crippen molar-refractivity contribution in [3.05, 3.63) is 24.2 Å². The Balaban J connectivity index is 1.62. The summed E-state index contributed by atoms with van der Waals surface area (Å²) in [6.07, 6.45) is 7.06. The highest BCUT2D eigenvalue weighted by Crippen LogP contribution is 2.28. The molecule has 0 bridgehead atoms. The van der Waals surface area contributed by atoms with Gasteiger partial charge in [-0.1, -0.05) is 31.8 Å². The monoisotopic (exact) mass is 314 g/mol. The molecule has 3 heterocycles. The molecule has 0 amide bonds. The fourth-order valence-corrected chi connectivity index (χ4v) is 3.16. The summed E-state index contributed by atoms with van der Waals surface area (Å²) in [5, 5.41) is 3.86. The minimum atomic E-state index is 0.568. The third-order valence-electron chi connectivity index (χ3n) is 4.61. The summed E-state index contributed by atoms with van der Waals surface area (Å²) in [7, 11) is 0. The zero-order valence-corrected chi connectivity index (χ0v) is 14.3. The molecule has 1 fully saturated rings. The molecular weight excluding hydrogens is 288 g/mol. The molecule has 124 valence electrons. The van der Waals surface area contributed by atoms with Gasteiger partial charge >= 0.3 is 0 Å². The second-order valence-corrected chi connectivity index (χ2v) is 6.95. The van der Waals surface area contributed by atoms with Crippen LogP contribution in [0.4, 0.5) is 5.82 Å². The first-order valence-electron chi connectivity index (χ1n) is 8.63. The van der Waals surface area contributed by atoms with E-state index in [1.807, 2.05) is 19.2 Å². The van der Waals surface area contributed by atoms with Crippen LogP contribution in [0.3, 0.4) is 0 Å². The van der Waals surface area contributed by atoms with E-state index in [-0.39, 0.29) is 0 Å². The summed E-state index contributed by atoms with van der Waals surface area (Å²) in [5.74, 6) is 3.92. The van der Waals surface area contributed by atoms with Crippen molar-refractivity contribution in [2.24, 2.45) is 11.8 Å². The van der Waals surface area contributed by atoms with Gasteiger partial charge in [0, 0.05) is 24.8 Å². The van der Waals surface area contributed by atoms with E-state index in [9.17, 15) is 0 Å². The Labute approximate surface area is 138 Å². The van der Waals surface area contributed by atoms with Crippen molar-refractivity contribution in [2.75, 3.05) is 18.0 Å². The molecule has 1 aliphatic rings. The van der Waals surface area contributed by atoms with Gasteiger partial charge < -0.3 is 9.42 Å². The number of anilines is 1. The van der Waals surface area contributed by atoms with Gasteiger partial charge in [-0.15, -0.1) is 0 Å². The maximum atomic E-state index is 5.26. The van der Waals surface area contributed by atoms with Crippen molar-refractivity contribution < 1.29 is 4.52 Å². The second kappa shape index (κ2) is 7.11. The number of hydrogen-bond acceptors (Lipinski definition) is 5. The number of piperidine rings is 1. The van der Waals surface area contributed by atoms with Crippen LogP contribution in [0.25, 0.3) is 11.5 Å². The standard InChI is InChI=1S/C18H26N4O/c1-13(2)4-5-15-7-10-22(11-8-15)17-12-16(6-9-19-17)18-20-14(3)21-23-18/h6,9,12-13,15H,4-5,7-8,10-11H2,1-3H3. The van der Waals surface area contributed by atoms with Crippen molar-refractivity contribution >= 4 is 5.82 Å². The van der Waals surface area contributed by atoms with Gasteiger partial charge in [0.15, 0.2) is 5.82 Å². The van der Waals surface area contributed by atoms with Crippen LogP contribution in [0.15, 0.2) is 22.9 Å². The van der Waals surface area contributed by atoms with Crippen LogP contribution in [-0.4, -0.2) is 28.2 Å². The van der Waals surface area contributed by atoms with Gasteiger partial charge in [-0.25, -0.2) is 4.98 Å². The number of hydrogen-bond donors (Lipinski definition) is 0. The molecule has 0 atom stereocenters. The maximum absolute atomic E-state index is 5.26. The molecule has 1 saturated heterocycles. The highest BCUT2D eigenvalue weighted by molar-refractivity contribution is 5.58. The number of rotatable bonds is 5. The largest absolute Gasteiger partial charge is 0.357 e. The Morgan fingerprint density at radius 3 is 2.74 bits per heavy atom. The van der Waals surface area contributed by atoms with Crippen molar-refractivity contribution in [1.29, 1.82) is 0 Å². The van der Waals surface area contributed by atoms with Gasteiger partial charge in [-0.3, -0.25) is 0 Å². The minimum absolute atomic E-state index is 0.568. The summed E-state index contributed by atoms with van der Waals surface area (Å²) < 4.78 is 5.26. The van der Waals surface area contributed by atoms with Crippen LogP contribution in [0, 0.1) is 18.8 Å². The van der Waals surface area contributed by atoms with Gasteiger partial charge in [0.1, 0.15) is 5.82 Å². The molecule has 3 rings (SSSR count). The van der Waals surface area contributed by atoms with E-state index in [0.717, 1.165) is 36.3 Å². The summed E-state index contributed by atoms with van der Waals surface area (Å²) in [4.78, 5) is 11.2. The van der Waals surface area contributed by atoms with Gasteiger partial charge in [-0.2, -0.15) is 4.98 Å². The molecule has 5 nitrogen and oxygen atoms in total. The first kappa shape index (κ1) is 16.0. The summed E-state index contributed by atoms with van der Waals surface area (Å²) in [6.45, 7) is 8.62. The van der Waals surface area contributed by atoms with Crippen molar-refractivity contribution in [2.45, 2.75) is 46.5 Å². The highest BCUT2D eigenvalue weighted by atomic mass is 16.5. The van der Waals surface area contributed by atoms with E-state index in [1.165, 1.54) is 25.7 Å². The van der Waals surface area contributed by atoms with E-state index >= 15 is 0 Å². The number of pyridine rings is 1. The molecule has 5 heteroatoms. The Hall–Kier alpha value is -1.91. The molecule has 0 aromatic carbocycles. The Kier molecular flexibility index (Phi) is 4.94. The van der Waals surface area contributed by atoms with Gasteiger partial charge in [0.25, 0.3) is 5.89 Å². The SMILES string of the molecule is Cc1noc(-c2ccnc(N3CCC(CCC(C)C)CC3)c2)n1. The highest BCUT2D eigenvalue weighted by Gasteiger charge is 2.21. The molecule has 2 aromatic heterocycles. The average Bonchev–Trinajstić information content (AvgIpc) is 3.00. The fraction of sp³-hybridized carbons (Fsp3) is 0.611. The molecular formula is C18H26N4O. The van der Waals surface area contributed by atoms with E-state index in [0.29, 0.717) is 11.7 Å². The van der Waals surface area contributed by atoms with E-state index in [4.69, 9.17) is 4.52 Å². The molecule has 0 radical (unpaired) electrons. The van der Waals surface area contributed by atoms with Crippen LogP contribution in [0.2, 0.25) is 0 Å². The van der Waals surface area contributed by atoms with Crippen LogP contribution in [-0.2, 0) is 0 Å². The minimum Gasteiger partial charge on any atom is -0.357 e. The number of aromatic nitrogens is 3. The van der Waals surface area contributed by atoms with Crippen molar-refractivity contribution in [3.8, 4) is 11.5 Å². The Morgan fingerprint density at radius 2 is 2.09 bits per heavy atom. The smallest absolute Gasteiger partial charge is 0.258 e. The maximum Gasteiger partial charge on any atom is 0.258 e. The second-order valence-electron chi connectivity index (χ2n) is 6.95. The van der Waals surface area contributed by atoms with Crippen LogP contribution in [0.5, 0.6) is 0 Å². The van der Waals surface area contributed by atoms with Crippen LogP contribution >= 0.6 is 0 Å². The predicted octanol–water partition coefficient (Wildman–Crippen LogP) is 4.09. The van der Waals surface area contributed by atoms with Crippen LogP contribution in [0.1, 0.15) is 45.4 Å². The number of aryl methyl sites for hydroxylation is 1. The lowest BCUT2D eigenvalue weighted by Gasteiger charge is -2.33. The van der Waals surface area contributed by atoms with Gasteiger partial charge in [-0.05, 0) is 43.7 Å². The summed E-state index contributed by atoms with van der Waals surface area (Å²) >= 11 is 0. The van der Waals surface area contributed by atoms with E-state index < -0.39 is 0 Å². The molecule has 0 unspecified atom stereocenters. The zero-order chi connectivity index (χ0) is 16.2. The first-order chi connectivity index (χ1) is 11.1. The van der Waals surface area contributed by atoms with Gasteiger partial charge in [0.2, 0.25) is 0 Å². The van der Waals surface area contributed by atoms with E-state index in [2.05, 4.69) is 39.9 Å². The Bertz CT molecular complexity index is 629. The molecule has 1 aliphatic heterocycles. The lowest BCUT2D eigenvalue weighted by atomic mass is 9.89. The molecule has 0 spiro atoms. The third-order valence-corrected chi connectivity index (χ3v) is 4.61. The third kappa shape index (κ3) is 4.09. The zero-order valence-electron chi connectivity index (χ0n) is 14.3. The Morgan fingerprint density at radius 1 is 1.30 bits per heavy atom. The molecule has 0 aliphatic carbocycles.